The molecule has 0 aromatic heterocycles. The number of ketones is 2. The van der Waals surface area contributed by atoms with Crippen LogP contribution >= 0.6 is 0 Å². The molecule has 1 aliphatic carbocycles. The molecule has 0 aromatic rings. The van der Waals surface area contributed by atoms with E-state index < -0.39 is 46.8 Å². The minimum atomic E-state index is -2.14. The van der Waals surface area contributed by atoms with Gasteiger partial charge in [0.05, 0.1) is 5.41 Å². The number of aliphatic hydroxyl groups is 3. The molecule has 1 spiro atoms. The van der Waals surface area contributed by atoms with E-state index in [2.05, 4.69) is 0 Å². The lowest BCUT2D eigenvalue weighted by molar-refractivity contribution is -0.146. The van der Waals surface area contributed by atoms with E-state index >= 15 is 0 Å². The number of piperidine rings is 1. The number of amides is 3. The van der Waals surface area contributed by atoms with Crippen LogP contribution in [0, 0.1) is 5.41 Å². The maximum atomic E-state index is 12.5. The first-order valence-electron chi connectivity index (χ1n) is 8.82. The molecule has 28 heavy (non-hydrogen) atoms. The Morgan fingerprint density at radius 1 is 1.11 bits per heavy atom. The smallest absolute Gasteiger partial charge is 0.415 e. The third-order valence-electron chi connectivity index (χ3n) is 5.48. The zero-order chi connectivity index (χ0) is 20.8. The summed E-state index contributed by atoms with van der Waals surface area (Å²) < 4.78 is 4.80. The van der Waals surface area contributed by atoms with Gasteiger partial charge in [-0.1, -0.05) is 0 Å². The molecule has 0 radical (unpaired) electrons. The predicted octanol–water partition coefficient (Wildman–Crippen LogP) is -1.37. The molecule has 3 N–H and O–H groups in total. The Labute approximate surface area is 159 Å². The number of Topliss-reactive ketones (excluding diaryl/α,β-unsaturated/α-hetero) is 2. The Morgan fingerprint density at radius 2 is 1.68 bits per heavy atom. The Balaban J connectivity index is 1.68. The third kappa shape index (κ3) is 2.96. The summed E-state index contributed by atoms with van der Waals surface area (Å²) in [4.78, 5) is 62.7. The fourth-order valence-corrected chi connectivity index (χ4v) is 3.73. The number of hydrogen-bond donors (Lipinski definition) is 3. The molecule has 11 nitrogen and oxygen atoms in total. The number of rotatable bonds is 2. The maximum Gasteiger partial charge on any atom is 0.415 e. The van der Waals surface area contributed by atoms with E-state index in [1.807, 2.05) is 0 Å². The zero-order valence-corrected chi connectivity index (χ0v) is 15.1. The summed E-state index contributed by atoms with van der Waals surface area (Å²) in [6, 6.07) is 0. The SMILES string of the molecule is CCN1C(=O)CC2(CCN(C(=O)OC3=C(O)C(=O)[C@H](O)C(O)C3=O)CC2)C1=O. The highest BCUT2D eigenvalue weighted by atomic mass is 16.6. The lowest BCUT2D eigenvalue weighted by atomic mass is 9.77. The molecule has 1 unspecified atom stereocenters. The summed E-state index contributed by atoms with van der Waals surface area (Å²) >= 11 is 0. The van der Waals surface area contributed by atoms with Crippen LogP contribution in [-0.4, -0.2) is 86.4 Å². The highest BCUT2D eigenvalue weighted by Crippen LogP contribution is 2.42. The summed E-state index contributed by atoms with van der Waals surface area (Å²) in [6.07, 6.45) is -4.79. The van der Waals surface area contributed by atoms with Crippen molar-refractivity contribution in [2.45, 2.75) is 38.4 Å². The van der Waals surface area contributed by atoms with Gasteiger partial charge in [0, 0.05) is 26.1 Å². The quantitative estimate of drug-likeness (QED) is 0.478. The molecule has 0 bridgehead atoms. The van der Waals surface area contributed by atoms with Crippen LogP contribution in [0.5, 0.6) is 0 Å². The van der Waals surface area contributed by atoms with Gasteiger partial charge < -0.3 is 25.0 Å². The molecule has 0 saturated carbocycles. The van der Waals surface area contributed by atoms with Crippen LogP contribution in [-0.2, 0) is 23.9 Å². The van der Waals surface area contributed by atoms with Crippen molar-refractivity contribution >= 4 is 29.5 Å². The van der Waals surface area contributed by atoms with Crippen molar-refractivity contribution in [2.75, 3.05) is 19.6 Å². The minimum absolute atomic E-state index is 0.0662. The summed E-state index contributed by atoms with van der Waals surface area (Å²) in [5.74, 6) is -5.41. The molecule has 2 saturated heterocycles. The van der Waals surface area contributed by atoms with E-state index in [9.17, 15) is 39.3 Å². The summed E-state index contributed by atoms with van der Waals surface area (Å²) in [6.45, 7) is 2.12. The van der Waals surface area contributed by atoms with Crippen molar-refractivity contribution in [2.24, 2.45) is 5.41 Å². The van der Waals surface area contributed by atoms with Gasteiger partial charge >= 0.3 is 6.09 Å². The minimum Gasteiger partial charge on any atom is -0.502 e. The van der Waals surface area contributed by atoms with Gasteiger partial charge in [0.25, 0.3) is 0 Å². The lowest BCUT2D eigenvalue weighted by Gasteiger charge is -2.36. The third-order valence-corrected chi connectivity index (χ3v) is 5.48. The monoisotopic (exact) mass is 396 g/mol. The molecule has 2 atom stereocenters. The van der Waals surface area contributed by atoms with Crippen molar-refractivity contribution in [3.8, 4) is 0 Å². The van der Waals surface area contributed by atoms with Gasteiger partial charge in [-0.2, -0.15) is 0 Å². The summed E-state index contributed by atoms with van der Waals surface area (Å²) in [5.41, 5.74) is -0.859. The second-order valence-electron chi connectivity index (χ2n) is 7.05. The lowest BCUT2D eigenvalue weighted by Crippen LogP contribution is -2.49. The average molecular weight is 396 g/mol. The van der Waals surface area contributed by atoms with E-state index in [0.29, 0.717) is 0 Å². The van der Waals surface area contributed by atoms with Crippen LogP contribution < -0.4 is 0 Å². The number of carbonyl (C=O) groups is 5. The number of aliphatic hydroxyl groups excluding tert-OH is 3. The largest absolute Gasteiger partial charge is 0.502 e. The van der Waals surface area contributed by atoms with Gasteiger partial charge in [0.1, 0.15) is 0 Å². The van der Waals surface area contributed by atoms with Gasteiger partial charge in [-0.3, -0.25) is 24.1 Å². The Hall–Kier alpha value is -2.79. The highest BCUT2D eigenvalue weighted by molar-refractivity contribution is 6.14. The number of nitrogens with zero attached hydrogens (tertiary/aromatic N) is 2. The second kappa shape index (κ2) is 6.99. The Morgan fingerprint density at radius 3 is 2.21 bits per heavy atom. The van der Waals surface area contributed by atoms with Crippen LogP contribution in [0.2, 0.25) is 0 Å². The fourth-order valence-electron chi connectivity index (χ4n) is 3.73. The maximum absolute atomic E-state index is 12.5. The molecule has 3 rings (SSSR count). The first-order chi connectivity index (χ1) is 13.1. The molecule has 3 aliphatic rings. The normalized spacial score (nSPS) is 27.8. The number of carbonyl (C=O) groups excluding carboxylic acids is 5. The molecule has 2 fully saturated rings. The molecule has 2 aliphatic heterocycles. The van der Waals surface area contributed by atoms with Crippen LogP contribution in [0.3, 0.4) is 0 Å². The standard InChI is InChI=1S/C17H20N2O9/c1-2-19-8(20)7-17(15(19)26)3-5-18(6-4-17)16(27)28-14-12(24)10(22)9(21)11(23)13(14)25/h9-10,21-22,25H,2-7H2,1H3/t9-,10?/m1/s1. The average Bonchev–Trinajstić information content (AvgIpc) is 2.91. The first-order valence-corrected chi connectivity index (χ1v) is 8.82. The van der Waals surface area contributed by atoms with E-state index in [1.54, 1.807) is 6.92 Å². The first kappa shape index (κ1) is 20.0. The molecule has 152 valence electrons. The van der Waals surface area contributed by atoms with Crippen LogP contribution in [0.4, 0.5) is 4.79 Å². The van der Waals surface area contributed by atoms with Gasteiger partial charge in [0.15, 0.2) is 12.2 Å². The number of ether oxygens (including phenoxy) is 1. The Bertz CT molecular complexity index is 794. The molecule has 11 heteroatoms. The molecule has 2 heterocycles. The highest BCUT2D eigenvalue weighted by Gasteiger charge is 2.52. The second-order valence-corrected chi connectivity index (χ2v) is 7.05. The number of likely N-dealkylation sites (tertiary alicyclic amines) is 2. The van der Waals surface area contributed by atoms with Crippen molar-refractivity contribution < 1.29 is 44.0 Å². The topological polar surface area (TPSA) is 162 Å². The van der Waals surface area contributed by atoms with E-state index in [0.717, 1.165) is 0 Å². The van der Waals surface area contributed by atoms with Gasteiger partial charge in [0.2, 0.25) is 34.9 Å². The van der Waals surface area contributed by atoms with Crippen molar-refractivity contribution in [3.63, 3.8) is 0 Å². The van der Waals surface area contributed by atoms with Crippen molar-refractivity contribution in [1.82, 2.24) is 9.80 Å². The fraction of sp³-hybridized carbons (Fsp3) is 0.588. The molecular weight excluding hydrogens is 376 g/mol. The Kier molecular flexibility index (Phi) is 4.98. The number of imide groups is 1. The summed E-state index contributed by atoms with van der Waals surface area (Å²) in [7, 11) is 0. The van der Waals surface area contributed by atoms with Gasteiger partial charge in [-0.15, -0.1) is 0 Å². The van der Waals surface area contributed by atoms with Crippen LogP contribution in [0.1, 0.15) is 26.2 Å². The van der Waals surface area contributed by atoms with E-state index in [4.69, 9.17) is 4.74 Å². The van der Waals surface area contributed by atoms with Crippen LogP contribution in [0.15, 0.2) is 11.5 Å². The summed E-state index contributed by atoms with van der Waals surface area (Å²) in [5, 5.41) is 28.6. The van der Waals surface area contributed by atoms with E-state index in [1.165, 1.54) is 9.80 Å². The predicted molar refractivity (Wildman–Crippen MR) is 88.4 cm³/mol. The van der Waals surface area contributed by atoms with Gasteiger partial charge in [-0.25, -0.2) is 4.79 Å². The molecule has 3 amide bonds. The molecular formula is C17H20N2O9. The van der Waals surface area contributed by atoms with Crippen LogP contribution in [0.25, 0.3) is 0 Å². The van der Waals surface area contributed by atoms with Gasteiger partial charge in [-0.05, 0) is 19.8 Å². The molecule has 0 aromatic carbocycles. The zero-order valence-electron chi connectivity index (χ0n) is 15.1. The number of hydrogen-bond acceptors (Lipinski definition) is 9. The van der Waals surface area contributed by atoms with Crippen molar-refractivity contribution in [1.29, 1.82) is 0 Å². The van der Waals surface area contributed by atoms with E-state index in [-0.39, 0.29) is 50.7 Å². The van der Waals surface area contributed by atoms with Crippen molar-refractivity contribution in [3.05, 3.63) is 11.5 Å².